The number of hydrogen-bond donors (Lipinski definition) is 3. The summed E-state index contributed by atoms with van der Waals surface area (Å²) in [6.07, 6.45) is 0.550. The number of nitrogens with one attached hydrogen (secondary N) is 2. The summed E-state index contributed by atoms with van der Waals surface area (Å²) in [5.41, 5.74) is 6.79. The molecule has 0 radical (unpaired) electrons. The van der Waals surface area contributed by atoms with Crippen molar-refractivity contribution < 1.29 is 9.18 Å². The van der Waals surface area contributed by atoms with Gasteiger partial charge in [-0.15, -0.1) is 0 Å². The third-order valence-electron chi connectivity index (χ3n) is 2.57. The molecule has 0 unspecified atom stereocenters. The van der Waals surface area contributed by atoms with Crippen molar-refractivity contribution in [3.8, 4) is 0 Å². The molecule has 0 aliphatic carbocycles. The molecule has 1 atom stereocenters. The molecular weight excluding hydrogens is 235 g/mol. The molecule has 1 heterocycles. The molecule has 1 amide bonds. The van der Waals surface area contributed by atoms with Crippen molar-refractivity contribution in [1.82, 2.24) is 15.3 Å². The number of aromatic nitrogens is 2. The number of hydrogen-bond acceptors (Lipinski definition) is 3. The Hall–Kier alpha value is -1.95. The first-order chi connectivity index (χ1) is 8.56. The minimum Gasteiger partial charge on any atom is -0.354 e. The number of carbonyl (C=O) groups excluding carboxylic acids is 1. The minimum atomic E-state index is -0.519. The average Bonchev–Trinajstić information content (AvgIpc) is 2.70. The number of amides is 1. The fourth-order valence-corrected chi connectivity index (χ4v) is 1.62. The summed E-state index contributed by atoms with van der Waals surface area (Å²) in [5.74, 6) is 0.209. The quantitative estimate of drug-likeness (QED) is 0.747. The number of fused-ring (bicyclic) bond motifs is 1. The van der Waals surface area contributed by atoms with Crippen molar-refractivity contribution in [3.63, 3.8) is 0 Å². The average molecular weight is 250 g/mol. The predicted molar refractivity (Wildman–Crippen MR) is 66.4 cm³/mol. The first-order valence-corrected chi connectivity index (χ1v) is 5.73. The van der Waals surface area contributed by atoms with Crippen LogP contribution in [-0.4, -0.2) is 28.5 Å². The van der Waals surface area contributed by atoms with Gasteiger partial charge < -0.3 is 16.0 Å². The lowest BCUT2D eigenvalue weighted by molar-refractivity contribution is -0.121. The van der Waals surface area contributed by atoms with Gasteiger partial charge in [0.05, 0.1) is 17.1 Å². The van der Waals surface area contributed by atoms with Crippen molar-refractivity contribution in [2.75, 3.05) is 6.54 Å². The van der Waals surface area contributed by atoms with E-state index in [0.29, 0.717) is 29.8 Å². The zero-order valence-corrected chi connectivity index (χ0v) is 10.0. The number of imidazole rings is 1. The summed E-state index contributed by atoms with van der Waals surface area (Å²) in [5, 5.41) is 2.69. The number of benzene rings is 1. The number of H-pyrrole nitrogens is 1. The number of carbonyl (C=O) groups is 1. The van der Waals surface area contributed by atoms with Crippen LogP contribution in [0, 0.1) is 5.82 Å². The van der Waals surface area contributed by atoms with Gasteiger partial charge in [0.1, 0.15) is 11.6 Å². The maximum Gasteiger partial charge on any atom is 0.236 e. The smallest absolute Gasteiger partial charge is 0.236 e. The Morgan fingerprint density at radius 2 is 2.39 bits per heavy atom. The molecule has 0 aliphatic heterocycles. The molecule has 0 bridgehead atoms. The topological polar surface area (TPSA) is 83.8 Å². The molecule has 18 heavy (non-hydrogen) atoms. The van der Waals surface area contributed by atoms with Crippen molar-refractivity contribution >= 4 is 16.9 Å². The second-order valence-corrected chi connectivity index (χ2v) is 4.17. The lowest BCUT2D eigenvalue weighted by Crippen LogP contribution is -2.39. The molecule has 1 aromatic heterocycles. The lowest BCUT2D eigenvalue weighted by atomic mass is 10.3. The number of aromatic amines is 1. The second kappa shape index (κ2) is 5.14. The molecule has 96 valence electrons. The van der Waals surface area contributed by atoms with E-state index in [0.717, 1.165) is 0 Å². The fraction of sp³-hybridized carbons (Fsp3) is 0.333. The number of nitrogens with zero attached hydrogens (tertiary/aromatic N) is 1. The van der Waals surface area contributed by atoms with E-state index in [4.69, 9.17) is 5.73 Å². The van der Waals surface area contributed by atoms with Gasteiger partial charge in [0.15, 0.2) is 0 Å². The Labute approximate surface area is 104 Å². The maximum absolute atomic E-state index is 13.0. The maximum atomic E-state index is 13.0. The Balaban J connectivity index is 1.98. The number of nitrogens with two attached hydrogens (primary N) is 1. The van der Waals surface area contributed by atoms with Crippen LogP contribution in [0.5, 0.6) is 0 Å². The molecule has 1 aromatic carbocycles. The highest BCUT2D eigenvalue weighted by molar-refractivity contribution is 5.81. The number of rotatable bonds is 4. The summed E-state index contributed by atoms with van der Waals surface area (Å²) in [6.45, 7) is 2.07. The SMILES string of the molecule is C[C@@H](N)C(=O)NCCc1nc2ccc(F)cc2[nH]1. The molecule has 0 fully saturated rings. The van der Waals surface area contributed by atoms with Gasteiger partial charge in [-0.25, -0.2) is 9.37 Å². The molecule has 4 N–H and O–H groups in total. The van der Waals surface area contributed by atoms with E-state index in [-0.39, 0.29) is 11.7 Å². The monoisotopic (exact) mass is 250 g/mol. The highest BCUT2D eigenvalue weighted by Gasteiger charge is 2.07. The highest BCUT2D eigenvalue weighted by atomic mass is 19.1. The summed E-state index contributed by atoms with van der Waals surface area (Å²) in [6, 6.07) is 3.86. The first-order valence-electron chi connectivity index (χ1n) is 5.73. The Bertz CT molecular complexity index is 564. The zero-order valence-electron chi connectivity index (χ0n) is 10.0. The Morgan fingerprint density at radius 1 is 1.61 bits per heavy atom. The van der Waals surface area contributed by atoms with Crippen LogP contribution in [0.25, 0.3) is 11.0 Å². The second-order valence-electron chi connectivity index (χ2n) is 4.17. The summed E-state index contributed by atoms with van der Waals surface area (Å²) >= 11 is 0. The van der Waals surface area contributed by atoms with Crippen LogP contribution in [0.3, 0.4) is 0 Å². The Kier molecular flexibility index (Phi) is 3.57. The van der Waals surface area contributed by atoms with Crippen LogP contribution in [0.2, 0.25) is 0 Å². The molecule has 0 aliphatic rings. The van der Waals surface area contributed by atoms with Crippen molar-refractivity contribution in [2.45, 2.75) is 19.4 Å². The standard InChI is InChI=1S/C12H15FN4O/c1-7(14)12(18)15-5-4-11-16-9-3-2-8(13)6-10(9)17-11/h2-3,6-7H,4-5,14H2,1H3,(H,15,18)(H,16,17)/t7-/m1/s1. The van der Waals surface area contributed by atoms with Crippen LogP contribution >= 0.6 is 0 Å². The highest BCUT2D eigenvalue weighted by Crippen LogP contribution is 2.12. The third kappa shape index (κ3) is 2.84. The van der Waals surface area contributed by atoms with Gasteiger partial charge >= 0.3 is 0 Å². The van der Waals surface area contributed by atoms with Crippen molar-refractivity contribution in [1.29, 1.82) is 0 Å². The van der Waals surface area contributed by atoms with Gasteiger partial charge in [0.2, 0.25) is 5.91 Å². The summed E-state index contributed by atoms with van der Waals surface area (Å²) in [4.78, 5) is 18.5. The molecule has 0 saturated heterocycles. The van der Waals surface area contributed by atoms with Crippen LogP contribution in [0.4, 0.5) is 4.39 Å². The van der Waals surface area contributed by atoms with E-state index in [1.165, 1.54) is 12.1 Å². The van der Waals surface area contributed by atoms with E-state index in [1.807, 2.05) is 0 Å². The normalized spacial score (nSPS) is 12.6. The third-order valence-corrected chi connectivity index (χ3v) is 2.57. The molecule has 2 aromatic rings. The van der Waals surface area contributed by atoms with Gasteiger partial charge in [0, 0.05) is 13.0 Å². The largest absolute Gasteiger partial charge is 0.354 e. The van der Waals surface area contributed by atoms with Crippen LogP contribution in [0.1, 0.15) is 12.7 Å². The molecule has 5 nitrogen and oxygen atoms in total. The van der Waals surface area contributed by atoms with E-state index < -0.39 is 6.04 Å². The van der Waals surface area contributed by atoms with E-state index in [1.54, 1.807) is 13.0 Å². The molecular formula is C12H15FN4O. The first kappa shape index (κ1) is 12.5. The molecule has 6 heteroatoms. The van der Waals surface area contributed by atoms with E-state index in [9.17, 15) is 9.18 Å². The van der Waals surface area contributed by atoms with Gasteiger partial charge in [-0.1, -0.05) is 0 Å². The number of halogens is 1. The Morgan fingerprint density at radius 3 is 3.11 bits per heavy atom. The molecule has 2 rings (SSSR count). The fourth-order valence-electron chi connectivity index (χ4n) is 1.62. The van der Waals surface area contributed by atoms with Crippen LogP contribution in [0.15, 0.2) is 18.2 Å². The molecule has 0 spiro atoms. The van der Waals surface area contributed by atoms with Crippen molar-refractivity contribution in [2.24, 2.45) is 5.73 Å². The predicted octanol–water partition coefficient (Wildman–Crippen LogP) is 0.708. The van der Waals surface area contributed by atoms with Crippen LogP contribution < -0.4 is 11.1 Å². The van der Waals surface area contributed by atoms with Crippen LogP contribution in [-0.2, 0) is 11.2 Å². The van der Waals surface area contributed by atoms with Gasteiger partial charge in [-0.3, -0.25) is 4.79 Å². The van der Waals surface area contributed by atoms with E-state index >= 15 is 0 Å². The van der Waals surface area contributed by atoms with Gasteiger partial charge in [0.25, 0.3) is 0 Å². The van der Waals surface area contributed by atoms with Crippen molar-refractivity contribution in [3.05, 3.63) is 29.8 Å². The summed E-state index contributed by atoms with van der Waals surface area (Å²) < 4.78 is 13.0. The van der Waals surface area contributed by atoms with Gasteiger partial charge in [-0.2, -0.15) is 0 Å². The molecule has 0 saturated carbocycles. The van der Waals surface area contributed by atoms with Gasteiger partial charge in [-0.05, 0) is 25.1 Å². The van der Waals surface area contributed by atoms with E-state index in [2.05, 4.69) is 15.3 Å². The summed E-state index contributed by atoms with van der Waals surface area (Å²) in [7, 11) is 0. The lowest BCUT2D eigenvalue weighted by Gasteiger charge is -2.05. The minimum absolute atomic E-state index is 0.197. The zero-order chi connectivity index (χ0) is 13.1.